The highest BCUT2D eigenvalue weighted by molar-refractivity contribution is 5.17. The van der Waals surface area contributed by atoms with E-state index in [9.17, 15) is 0 Å². The fraction of sp³-hybridized carbons (Fsp3) is 0.688. The van der Waals surface area contributed by atoms with E-state index in [1.807, 2.05) is 18.5 Å². The minimum absolute atomic E-state index is 0.272. The van der Waals surface area contributed by atoms with Gasteiger partial charge in [-0.15, -0.1) is 0 Å². The maximum atomic E-state index is 8.71. The molecule has 1 heterocycles. The topological polar surface area (TPSA) is 49.6 Å². The van der Waals surface area contributed by atoms with E-state index in [-0.39, 0.29) is 5.82 Å². The van der Waals surface area contributed by atoms with Crippen molar-refractivity contribution in [2.24, 2.45) is 11.8 Å². The number of hydrogen-bond acceptors (Lipinski definition) is 3. The molecule has 3 nitrogen and oxygen atoms in total. The second-order valence-corrected chi connectivity index (χ2v) is 5.92. The van der Waals surface area contributed by atoms with Gasteiger partial charge in [0.25, 0.3) is 0 Å². The Balaban J connectivity index is 1.87. The molecule has 1 aliphatic carbocycles. The molecule has 1 atom stereocenters. The average Bonchev–Trinajstić information content (AvgIpc) is 2.48. The van der Waals surface area contributed by atoms with E-state index in [2.05, 4.69) is 23.8 Å². The number of rotatable bonds is 4. The number of nitrogens with zero attached hydrogens (tertiary/aromatic N) is 3. The Morgan fingerprint density at radius 3 is 2.42 bits per heavy atom. The quantitative estimate of drug-likeness (QED) is 0.817. The van der Waals surface area contributed by atoms with E-state index in [1.54, 1.807) is 0 Å². The molecule has 1 aromatic heterocycles. The van der Waals surface area contributed by atoms with Crippen molar-refractivity contribution in [3.63, 3.8) is 0 Å². The first-order chi connectivity index (χ1) is 9.22. The first-order valence-corrected chi connectivity index (χ1v) is 7.45. The van der Waals surface area contributed by atoms with Crippen LogP contribution in [0.25, 0.3) is 0 Å². The van der Waals surface area contributed by atoms with Crippen LogP contribution in [-0.2, 0) is 0 Å². The highest BCUT2D eigenvalue weighted by Crippen LogP contribution is 2.38. The highest BCUT2D eigenvalue weighted by Gasteiger charge is 2.23. The van der Waals surface area contributed by atoms with Crippen molar-refractivity contribution in [1.82, 2.24) is 9.97 Å². The molecule has 1 aromatic rings. The van der Waals surface area contributed by atoms with E-state index in [1.165, 1.54) is 44.1 Å². The predicted octanol–water partition coefficient (Wildman–Crippen LogP) is 4.06. The van der Waals surface area contributed by atoms with E-state index in [0.29, 0.717) is 5.92 Å². The molecular formula is C16H23N3. The van der Waals surface area contributed by atoms with Gasteiger partial charge in [0.15, 0.2) is 0 Å². The summed E-state index contributed by atoms with van der Waals surface area (Å²) >= 11 is 0. The summed E-state index contributed by atoms with van der Waals surface area (Å²) in [5.74, 6) is 2.64. The molecule has 102 valence electrons. The Kier molecular flexibility index (Phi) is 4.90. The van der Waals surface area contributed by atoms with Gasteiger partial charge in [0.05, 0.1) is 0 Å². The maximum Gasteiger partial charge on any atom is 0.232 e. The van der Waals surface area contributed by atoms with Crippen LogP contribution < -0.4 is 0 Å². The first-order valence-electron chi connectivity index (χ1n) is 7.45. The van der Waals surface area contributed by atoms with Gasteiger partial charge in [-0.25, -0.2) is 9.97 Å². The fourth-order valence-corrected chi connectivity index (χ4v) is 3.07. The zero-order valence-electron chi connectivity index (χ0n) is 12.0. The Morgan fingerprint density at radius 2 is 1.89 bits per heavy atom. The van der Waals surface area contributed by atoms with Crippen LogP contribution in [0.3, 0.4) is 0 Å². The number of nitriles is 1. The van der Waals surface area contributed by atoms with Gasteiger partial charge in [-0.1, -0.05) is 20.3 Å². The van der Waals surface area contributed by atoms with Crippen LogP contribution in [0.5, 0.6) is 0 Å². The molecule has 19 heavy (non-hydrogen) atoms. The van der Waals surface area contributed by atoms with Crippen LogP contribution in [-0.4, -0.2) is 9.97 Å². The summed E-state index contributed by atoms with van der Waals surface area (Å²) in [6, 6.07) is 1.97. The smallest absolute Gasteiger partial charge is 0.227 e. The van der Waals surface area contributed by atoms with E-state index in [4.69, 9.17) is 5.26 Å². The van der Waals surface area contributed by atoms with Gasteiger partial charge in [0.1, 0.15) is 6.07 Å². The maximum absolute atomic E-state index is 8.71. The van der Waals surface area contributed by atoms with Crippen LogP contribution in [0.4, 0.5) is 0 Å². The molecule has 0 N–H and O–H groups in total. The monoisotopic (exact) mass is 257 g/mol. The molecule has 1 aliphatic rings. The van der Waals surface area contributed by atoms with Gasteiger partial charge in [-0.3, -0.25) is 0 Å². The molecule has 0 amide bonds. The molecule has 2 rings (SSSR count). The molecule has 0 radical (unpaired) electrons. The predicted molar refractivity (Wildman–Crippen MR) is 75.5 cm³/mol. The molecule has 3 heteroatoms. The van der Waals surface area contributed by atoms with Gasteiger partial charge >= 0.3 is 0 Å². The lowest BCUT2D eigenvalue weighted by molar-refractivity contribution is 0.273. The fourth-order valence-electron chi connectivity index (χ4n) is 3.07. The summed E-state index contributed by atoms with van der Waals surface area (Å²) in [6.45, 7) is 4.64. The molecule has 1 fully saturated rings. The normalized spacial score (nSPS) is 24.7. The van der Waals surface area contributed by atoms with Crippen LogP contribution in [0.15, 0.2) is 12.4 Å². The van der Waals surface area contributed by atoms with E-state index in [0.717, 1.165) is 11.8 Å². The molecule has 0 bridgehead atoms. The Hall–Kier alpha value is -1.43. The summed E-state index contributed by atoms with van der Waals surface area (Å²) in [5.41, 5.74) is 1.21. The third-order valence-corrected chi connectivity index (χ3v) is 4.52. The minimum Gasteiger partial charge on any atom is -0.227 e. The third kappa shape index (κ3) is 3.76. The Labute approximate surface area is 116 Å². The Bertz CT molecular complexity index is 424. The van der Waals surface area contributed by atoms with Gasteiger partial charge in [0.2, 0.25) is 5.82 Å². The van der Waals surface area contributed by atoms with Crippen molar-refractivity contribution in [3.8, 4) is 6.07 Å². The summed E-state index contributed by atoms with van der Waals surface area (Å²) in [6.07, 6.45) is 11.5. The minimum atomic E-state index is 0.272. The van der Waals surface area contributed by atoms with Gasteiger partial charge in [-0.2, -0.15) is 5.26 Å². The van der Waals surface area contributed by atoms with E-state index < -0.39 is 0 Å². The van der Waals surface area contributed by atoms with Crippen LogP contribution >= 0.6 is 0 Å². The summed E-state index contributed by atoms with van der Waals surface area (Å²) in [4.78, 5) is 8.16. The lowest BCUT2D eigenvalue weighted by Gasteiger charge is -2.29. The van der Waals surface area contributed by atoms with Crippen molar-refractivity contribution in [2.45, 2.75) is 58.3 Å². The van der Waals surface area contributed by atoms with Crippen LogP contribution in [0.2, 0.25) is 0 Å². The molecule has 0 aliphatic heterocycles. The second kappa shape index (κ2) is 6.65. The first kappa shape index (κ1) is 14.0. The summed E-state index contributed by atoms with van der Waals surface area (Å²) in [5, 5.41) is 8.71. The van der Waals surface area contributed by atoms with Crippen molar-refractivity contribution < 1.29 is 0 Å². The number of hydrogen-bond donors (Lipinski definition) is 0. The molecule has 0 aromatic carbocycles. The summed E-state index contributed by atoms with van der Waals surface area (Å²) < 4.78 is 0. The zero-order valence-corrected chi connectivity index (χ0v) is 12.0. The van der Waals surface area contributed by atoms with Gasteiger partial charge in [0, 0.05) is 12.4 Å². The van der Waals surface area contributed by atoms with Crippen molar-refractivity contribution in [2.75, 3.05) is 0 Å². The SMILES string of the molecule is CCC(C)C[C@H]1CC[C@H](c2cnc(C#N)nc2)CC1. The van der Waals surface area contributed by atoms with Gasteiger partial charge < -0.3 is 0 Å². The molecular weight excluding hydrogens is 234 g/mol. The van der Waals surface area contributed by atoms with Crippen molar-refractivity contribution >= 4 is 0 Å². The van der Waals surface area contributed by atoms with E-state index >= 15 is 0 Å². The third-order valence-electron chi connectivity index (χ3n) is 4.52. The summed E-state index contributed by atoms with van der Waals surface area (Å²) in [7, 11) is 0. The molecule has 0 spiro atoms. The standard InChI is InChI=1S/C16H23N3/c1-3-12(2)8-13-4-6-14(7-5-13)15-10-18-16(9-17)19-11-15/h10-14H,3-8H2,1-2H3/t12?,13-,14-. The van der Waals surface area contributed by atoms with Crippen molar-refractivity contribution in [3.05, 3.63) is 23.8 Å². The molecule has 1 saturated carbocycles. The Morgan fingerprint density at radius 1 is 1.26 bits per heavy atom. The molecule has 0 saturated heterocycles. The highest BCUT2D eigenvalue weighted by atomic mass is 14.9. The largest absolute Gasteiger partial charge is 0.232 e. The van der Waals surface area contributed by atoms with Crippen molar-refractivity contribution in [1.29, 1.82) is 5.26 Å². The lowest BCUT2D eigenvalue weighted by atomic mass is 9.76. The van der Waals surface area contributed by atoms with Crippen LogP contribution in [0, 0.1) is 23.2 Å². The zero-order chi connectivity index (χ0) is 13.7. The van der Waals surface area contributed by atoms with Gasteiger partial charge in [-0.05, 0) is 55.4 Å². The molecule has 1 unspecified atom stereocenters. The lowest BCUT2D eigenvalue weighted by Crippen LogP contribution is -2.16. The second-order valence-electron chi connectivity index (χ2n) is 5.92. The van der Waals surface area contributed by atoms with Crippen LogP contribution in [0.1, 0.15) is 69.7 Å². The number of aromatic nitrogens is 2. The average molecular weight is 257 g/mol.